The number of ether oxygens (including phenoxy) is 1. The number of nitrogens with zero attached hydrogens (tertiary/aromatic N) is 1. The number of aryl methyl sites for hydroxylation is 2. The summed E-state index contributed by atoms with van der Waals surface area (Å²) in [6, 6.07) is 22.5. The molecule has 4 nitrogen and oxygen atoms in total. The van der Waals surface area contributed by atoms with E-state index in [2.05, 4.69) is 6.07 Å². The molecule has 31 heavy (non-hydrogen) atoms. The Hall–Kier alpha value is -3.05. The zero-order chi connectivity index (χ0) is 22.0. The maximum absolute atomic E-state index is 13.6. The van der Waals surface area contributed by atoms with E-state index in [-0.39, 0.29) is 10.8 Å². The monoisotopic (exact) mass is 433 g/mol. The largest absolute Gasteiger partial charge is 0.496 e. The molecular weight excluding hydrogens is 406 g/mol. The van der Waals surface area contributed by atoms with Crippen molar-refractivity contribution in [1.29, 1.82) is 0 Å². The second kappa shape index (κ2) is 8.60. The standard InChI is InChI=1S/C26H27NO3S/c1-19-8-13-22(14-9-19)27(31(28,29)23-15-10-20(2)11-16-23)18-21-12-17-24(21)25-6-4-5-7-26(25)30-3/h4-11,13-16,18,24H,12,17H2,1-3H3/b21-18-/t24-/m0/s1. The highest BCUT2D eigenvalue weighted by atomic mass is 32.2. The number of hydrogen-bond acceptors (Lipinski definition) is 3. The van der Waals surface area contributed by atoms with Gasteiger partial charge in [0.2, 0.25) is 0 Å². The molecule has 0 radical (unpaired) electrons. The summed E-state index contributed by atoms with van der Waals surface area (Å²) in [6.07, 6.45) is 3.63. The predicted octanol–water partition coefficient (Wildman–Crippen LogP) is 5.97. The topological polar surface area (TPSA) is 46.6 Å². The lowest BCUT2D eigenvalue weighted by atomic mass is 9.75. The number of benzene rings is 3. The van der Waals surface area contributed by atoms with E-state index in [0.717, 1.165) is 40.9 Å². The summed E-state index contributed by atoms with van der Waals surface area (Å²) in [5.41, 5.74) is 4.92. The maximum atomic E-state index is 13.6. The van der Waals surface area contributed by atoms with Crippen LogP contribution in [0.25, 0.3) is 0 Å². The molecule has 0 unspecified atom stereocenters. The Kier molecular flexibility index (Phi) is 5.88. The number of rotatable bonds is 6. The van der Waals surface area contributed by atoms with Crippen LogP contribution in [-0.4, -0.2) is 15.5 Å². The highest BCUT2D eigenvalue weighted by Gasteiger charge is 2.31. The van der Waals surface area contributed by atoms with Crippen LogP contribution in [0.5, 0.6) is 5.75 Å². The van der Waals surface area contributed by atoms with Crippen LogP contribution in [0, 0.1) is 13.8 Å². The minimum atomic E-state index is -3.75. The molecule has 1 aliphatic rings. The molecule has 1 atom stereocenters. The third kappa shape index (κ3) is 4.23. The molecule has 5 heteroatoms. The van der Waals surface area contributed by atoms with Gasteiger partial charge in [-0.2, -0.15) is 0 Å². The first-order chi connectivity index (χ1) is 14.9. The fraction of sp³-hybridized carbons (Fsp3) is 0.231. The lowest BCUT2D eigenvalue weighted by molar-refractivity contribution is 0.401. The number of hydrogen-bond donors (Lipinski definition) is 0. The minimum Gasteiger partial charge on any atom is -0.496 e. The van der Waals surface area contributed by atoms with Crippen molar-refractivity contribution in [2.45, 2.75) is 37.5 Å². The molecule has 0 saturated heterocycles. The predicted molar refractivity (Wildman–Crippen MR) is 125 cm³/mol. The summed E-state index contributed by atoms with van der Waals surface area (Å²) in [5, 5.41) is 0. The molecule has 0 aromatic heterocycles. The normalized spacial score (nSPS) is 17.3. The molecule has 3 aromatic carbocycles. The maximum Gasteiger partial charge on any atom is 0.268 e. The molecule has 0 bridgehead atoms. The molecule has 0 heterocycles. The number of methoxy groups -OCH3 is 1. The van der Waals surface area contributed by atoms with Gasteiger partial charge in [0.05, 0.1) is 17.7 Å². The third-order valence-corrected chi connectivity index (χ3v) is 7.53. The average Bonchev–Trinajstić information content (AvgIpc) is 2.75. The van der Waals surface area contributed by atoms with Crippen LogP contribution in [0.1, 0.15) is 35.4 Å². The third-order valence-electron chi connectivity index (χ3n) is 5.83. The van der Waals surface area contributed by atoms with Crippen molar-refractivity contribution in [3.8, 4) is 5.75 Å². The van der Waals surface area contributed by atoms with Gasteiger partial charge in [-0.3, -0.25) is 0 Å². The first-order valence-electron chi connectivity index (χ1n) is 10.4. The Labute approximate surface area is 184 Å². The van der Waals surface area contributed by atoms with Crippen molar-refractivity contribution in [3.05, 3.63) is 101 Å². The fourth-order valence-electron chi connectivity index (χ4n) is 3.87. The van der Waals surface area contributed by atoms with E-state index in [9.17, 15) is 8.42 Å². The zero-order valence-corrected chi connectivity index (χ0v) is 18.9. The molecule has 1 aliphatic carbocycles. The molecule has 0 amide bonds. The second-order valence-electron chi connectivity index (χ2n) is 7.99. The molecule has 1 saturated carbocycles. The molecule has 0 aliphatic heterocycles. The lowest BCUT2D eigenvalue weighted by Gasteiger charge is -2.33. The first-order valence-corrected chi connectivity index (χ1v) is 11.9. The van der Waals surface area contributed by atoms with Gasteiger partial charge in [0.1, 0.15) is 5.75 Å². The second-order valence-corrected chi connectivity index (χ2v) is 9.80. The van der Waals surface area contributed by atoms with Crippen molar-refractivity contribution < 1.29 is 13.2 Å². The van der Waals surface area contributed by atoms with Crippen LogP contribution in [0.2, 0.25) is 0 Å². The SMILES string of the molecule is COc1ccccc1[C@H]1CC/C1=C/N(c1ccc(C)cc1)S(=O)(=O)c1ccc(C)cc1. The van der Waals surface area contributed by atoms with Gasteiger partial charge in [0, 0.05) is 17.7 Å². The van der Waals surface area contributed by atoms with E-state index in [4.69, 9.17) is 4.74 Å². The van der Waals surface area contributed by atoms with Gasteiger partial charge in [0.25, 0.3) is 10.0 Å². The molecule has 0 spiro atoms. The molecule has 4 rings (SSSR count). The lowest BCUT2D eigenvalue weighted by Crippen LogP contribution is -2.28. The van der Waals surface area contributed by atoms with Gasteiger partial charge in [0.15, 0.2) is 0 Å². The molecule has 160 valence electrons. The van der Waals surface area contributed by atoms with Crippen molar-refractivity contribution in [2.75, 3.05) is 11.4 Å². The van der Waals surface area contributed by atoms with Crippen LogP contribution >= 0.6 is 0 Å². The van der Waals surface area contributed by atoms with E-state index in [1.807, 2.05) is 68.4 Å². The van der Waals surface area contributed by atoms with Crippen molar-refractivity contribution >= 4 is 15.7 Å². The minimum absolute atomic E-state index is 0.150. The summed E-state index contributed by atoms with van der Waals surface area (Å²) < 4.78 is 34.2. The molecular formula is C26H27NO3S. The van der Waals surface area contributed by atoms with Gasteiger partial charge in [-0.05, 0) is 62.6 Å². The number of anilines is 1. The molecule has 3 aromatic rings. The summed E-state index contributed by atoms with van der Waals surface area (Å²) in [7, 11) is -2.08. The highest BCUT2D eigenvalue weighted by Crippen LogP contribution is 2.46. The van der Waals surface area contributed by atoms with Crippen LogP contribution < -0.4 is 9.04 Å². The van der Waals surface area contributed by atoms with E-state index in [0.29, 0.717) is 5.69 Å². The summed E-state index contributed by atoms with van der Waals surface area (Å²) in [4.78, 5) is 0.281. The van der Waals surface area contributed by atoms with E-state index in [1.54, 1.807) is 25.4 Å². The van der Waals surface area contributed by atoms with Gasteiger partial charge >= 0.3 is 0 Å². The number of sulfonamides is 1. The van der Waals surface area contributed by atoms with Crippen LogP contribution in [0.4, 0.5) is 5.69 Å². The van der Waals surface area contributed by atoms with Crippen molar-refractivity contribution in [3.63, 3.8) is 0 Å². The smallest absolute Gasteiger partial charge is 0.268 e. The number of allylic oxidation sites excluding steroid dienone is 1. The van der Waals surface area contributed by atoms with Crippen LogP contribution in [0.15, 0.2) is 89.5 Å². The summed E-state index contributed by atoms with van der Waals surface area (Å²) in [5.74, 6) is 0.985. The Morgan fingerprint density at radius 2 is 1.52 bits per heavy atom. The van der Waals surface area contributed by atoms with Crippen molar-refractivity contribution in [1.82, 2.24) is 0 Å². The Morgan fingerprint density at radius 1 is 0.903 bits per heavy atom. The van der Waals surface area contributed by atoms with Crippen LogP contribution in [0.3, 0.4) is 0 Å². The van der Waals surface area contributed by atoms with Gasteiger partial charge in [-0.25, -0.2) is 12.7 Å². The Morgan fingerprint density at radius 3 is 2.10 bits per heavy atom. The number of para-hydroxylation sites is 1. The quantitative estimate of drug-likeness (QED) is 0.481. The average molecular weight is 434 g/mol. The van der Waals surface area contributed by atoms with Gasteiger partial charge in [-0.15, -0.1) is 0 Å². The van der Waals surface area contributed by atoms with E-state index < -0.39 is 10.0 Å². The van der Waals surface area contributed by atoms with Crippen LogP contribution in [-0.2, 0) is 10.0 Å². The fourth-order valence-corrected chi connectivity index (χ4v) is 5.25. The Bertz CT molecular complexity index is 1200. The van der Waals surface area contributed by atoms with Gasteiger partial charge < -0.3 is 4.74 Å². The zero-order valence-electron chi connectivity index (χ0n) is 18.1. The molecule has 0 N–H and O–H groups in total. The van der Waals surface area contributed by atoms with E-state index in [1.165, 1.54) is 4.31 Å². The van der Waals surface area contributed by atoms with E-state index >= 15 is 0 Å². The highest BCUT2D eigenvalue weighted by molar-refractivity contribution is 7.93. The van der Waals surface area contributed by atoms with Gasteiger partial charge in [-0.1, -0.05) is 53.6 Å². The summed E-state index contributed by atoms with van der Waals surface area (Å²) in [6.45, 7) is 3.94. The van der Waals surface area contributed by atoms with Crippen molar-refractivity contribution in [2.24, 2.45) is 0 Å². The molecule has 1 fully saturated rings. The Balaban J connectivity index is 1.78. The first kappa shape index (κ1) is 21.2. The summed E-state index contributed by atoms with van der Waals surface area (Å²) >= 11 is 0.